The fourth-order valence-electron chi connectivity index (χ4n) is 4.84. The standard InChI is InChI=1S/C30H26Cl2O4/c1-33-27-15-7-23(8-16-27)29(21-3-11-25(31)12-4-21)19-20-30(36-35-29,22-5-13-26(32)14-6-22)24-9-17-28(34-2)18-10-24/h3-18H,19-20H2,1-2H3. The molecular weight excluding hydrogens is 495 g/mol. The predicted molar refractivity (Wildman–Crippen MR) is 142 cm³/mol. The van der Waals surface area contributed by atoms with E-state index in [4.69, 9.17) is 42.5 Å². The van der Waals surface area contributed by atoms with Crippen molar-refractivity contribution < 1.29 is 19.2 Å². The SMILES string of the molecule is COc1ccc(C2(c3ccc(Cl)cc3)CCC(c3ccc(Cl)cc3)(c3ccc(OC)cc3)OO2)cc1. The molecule has 4 aromatic rings. The highest BCUT2D eigenvalue weighted by Gasteiger charge is 2.49. The molecule has 1 fully saturated rings. The summed E-state index contributed by atoms with van der Waals surface area (Å²) >= 11 is 12.4. The molecule has 2 unspecified atom stereocenters. The average Bonchev–Trinajstić information content (AvgIpc) is 2.94. The van der Waals surface area contributed by atoms with Gasteiger partial charge in [0.1, 0.15) is 11.5 Å². The molecule has 5 rings (SSSR count). The minimum Gasteiger partial charge on any atom is -0.497 e. The summed E-state index contributed by atoms with van der Waals surface area (Å²) in [5.74, 6) is 1.55. The number of hydrogen-bond donors (Lipinski definition) is 0. The molecule has 2 atom stereocenters. The quantitative estimate of drug-likeness (QED) is 0.242. The molecule has 184 valence electrons. The van der Waals surface area contributed by atoms with Crippen LogP contribution < -0.4 is 9.47 Å². The lowest BCUT2D eigenvalue weighted by Crippen LogP contribution is -2.45. The van der Waals surface area contributed by atoms with Crippen LogP contribution in [0.15, 0.2) is 97.1 Å². The Bertz CT molecular complexity index is 1190. The van der Waals surface area contributed by atoms with E-state index in [1.54, 1.807) is 14.2 Å². The second-order valence-corrected chi connectivity index (χ2v) is 9.66. The summed E-state index contributed by atoms with van der Waals surface area (Å²) in [5.41, 5.74) is 2.17. The van der Waals surface area contributed by atoms with Gasteiger partial charge in [0, 0.05) is 10.0 Å². The molecule has 1 aliphatic rings. The molecule has 4 aromatic carbocycles. The third-order valence-electron chi connectivity index (χ3n) is 6.89. The monoisotopic (exact) mass is 520 g/mol. The van der Waals surface area contributed by atoms with Crippen molar-refractivity contribution in [2.75, 3.05) is 14.2 Å². The highest BCUT2D eigenvalue weighted by atomic mass is 35.5. The van der Waals surface area contributed by atoms with E-state index in [-0.39, 0.29) is 0 Å². The zero-order chi connectivity index (χ0) is 25.2. The van der Waals surface area contributed by atoms with Gasteiger partial charge in [-0.05, 0) is 83.6 Å². The van der Waals surface area contributed by atoms with Crippen LogP contribution in [0.2, 0.25) is 10.0 Å². The van der Waals surface area contributed by atoms with E-state index >= 15 is 0 Å². The van der Waals surface area contributed by atoms with Crippen LogP contribution in [0.25, 0.3) is 0 Å². The summed E-state index contributed by atoms with van der Waals surface area (Å²) in [6, 6.07) is 31.2. The summed E-state index contributed by atoms with van der Waals surface area (Å²) in [7, 11) is 3.30. The molecule has 0 aromatic heterocycles. The van der Waals surface area contributed by atoms with Crippen molar-refractivity contribution in [3.8, 4) is 11.5 Å². The van der Waals surface area contributed by atoms with Crippen LogP contribution in [0, 0.1) is 0 Å². The molecule has 0 spiro atoms. The lowest BCUT2D eigenvalue weighted by molar-refractivity contribution is -0.432. The second kappa shape index (κ2) is 10.2. The van der Waals surface area contributed by atoms with Crippen molar-refractivity contribution in [3.05, 3.63) is 129 Å². The minimum atomic E-state index is -0.834. The molecule has 1 aliphatic heterocycles. The Kier molecular flexibility index (Phi) is 6.96. The van der Waals surface area contributed by atoms with Gasteiger partial charge < -0.3 is 9.47 Å². The van der Waals surface area contributed by atoms with Gasteiger partial charge in [-0.2, -0.15) is 0 Å². The lowest BCUT2D eigenvalue weighted by atomic mass is 9.74. The predicted octanol–water partition coefficient (Wildman–Crippen LogP) is 7.94. The van der Waals surface area contributed by atoms with Crippen LogP contribution in [0.5, 0.6) is 11.5 Å². The Labute approximate surface area is 221 Å². The molecule has 0 N–H and O–H groups in total. The van der Waals surface area contributed by atoms with Crippen molar-refractivity contribution in [3.63, 3.8) is 0 Å². The number of rotatable bonds is 6. The maximum Gasteiger partial charge on any atom is 0.154 e. The van der Waals surface area contributed by atoms with Crippen LogP contribution in [0.1, 0.15) is 35.1 Å². The van der Waals surface area contributed by atoms with E-state index in [1.165, 1.54) is 0 Å². The van der Waals surface area contributed by atoms with E-state index in [1.807, 2.05) is 97.1 Å². The van der Waals surface area contributed by atoms with Crippen LogP contribution in [0.4, 0.5) is 0 Å². The maximum absolute atomic E-state index is 6.51. The van der Waals surface area contributed by atoms with Crippen LogP contribution in [0.3, 0.4) is 0 Å². The fraction of sp³-hybridized carbons (Fsp3) is 0.200. The van der Waals surface area contributed by atoms with Crippen LogP contribution in [-0.2, 0) is 21.0 Å². The van der Waals surface area contributed by atoms with E-state index < -0.39 is 11.2 Å². The normalized spacial score (nSPS) is 21.7. The average molecular weight is 521 g/mol. The van der Waals surface area contributed by atoms with E-state index in [9.17, 15) is 0 Å². The van der Waals surface area contributed by atoms with Crippen LogP contribution in [-0.4, -0.2) is 14.2 Å². The first-order valence-electron chi connectivity index (χ1n) is 11.7. The van der Waals surface area contributed by atoms with Crippen molar-refractivity contribution in [2.45, 2.75) is 24.0 Å². The molecule has 4 nitrogen and oxygen atoms in total. The summed E-state index contributed by atoms with van der Waals surface area (Å²) in [6.07, 6.45) is 1.30. The third-order valence-corrected chi connectivity index (χ3v) is 7.39. The zero-order valence-electron chi connectivity index (χ0n) is 20.0. The molecule has 0 bridgehead atoms. The molecule has 1 heterocycles. The Morgan fingerprint density at radius 3 is 1.03 bits per heavy atom. The molecule has 0 saturated carbocycles. The number of ether oxygens (including phenoxy) is 2. The summed E-state index contributed by atoms with van der Waals surface area (Å²) in [6.45, 7) is 0. The molecule has 0 aliphatic carbocycles. The van der Waals surface area contributed by atoms with Gasteiger partial charge in [-0.15, -0.1) is 0 Å². The Hall–Kier alpha value is -3.02. The van der Waals surface area contributed by atoms with Gasteiger partial charge in [0.25, 0.3) is 0 Å². The topological polar surface area (TPSA) is 36.9 Å². The molecule has 36 heavy (non-hydrogen) atoms. The first kappa shape index (κ1) is 24.7. The number of hydrogen-bond acceptors (Lipinski definition) is 4. The molecular formula is C30H26Cl2O4. The maximum atomic E-state index is 6.51. The zero-order valence-corrected chi connectivity index (χ0v) is 21.6. The fourth-order valence-corrected chi connectivity index (χ4v) is 5.09. The first-order chi connectivity index (χ1) is 17.5. The summed E-state index contributed by atoms with van der Waals surface area (Å²) < 4.78 is 10.8. The number of benzene rings is 4. The van der Waals surface area contributed by atoms with Gasteiger partial charge in [-0.3, -0.25) is 0 Å². The van der Waals surface area contributed by atoms with Gasteiger partial charge in [0.15, 0.2) is 11.2 Å². The van der Waals surface area contributed by atoms with E-state index in [0.29, 0.717) is 22.9 Å². The van der Waals surface area contributed by atoms with E-state index in [2.05, 4.69) is 0 Å². The second-order valence-electron chi connectivity index (χ2n) is 8.79. The smallest absolute Gasteiger partial charge is 0.154 e. The van der Waals surface area contributed by atoms with Gasteiger partial charge in [-0.1, -0.05) is 71.7 Å². The Morgan fingerprint density at radius 1 is 0.500 bits per heavy atom. The van der Waals surface area contributed by atoms with Crippen LogP contribution >= 0.6 is 23.2 Å². The van der Waals surface area contributed by atoms with Crippen molar-refractivity contribution in [2.24, 2.45) is 0 Å². The summed E-state index contributed by atoms with van der Waals surface area (Å²) in [4.78, 5) is 13.0. The van der Waals surface area contributed by atoms with Gasteiger partial charge in [0.2, 0.25) is 0 Å². The molecule has 1 saturated heterocycles. The molecule has 0 amide bonds. The van der Waals surface area contributed by atoms with Crippen molar-refractivity contribution >= 4 is 23.2 Å². The van der Waals surface area contributed by atoms with Crippen molar-refractivity contribution in [1.82, 2.24) is 0 Å². The number of methoxy groups -OCH3 is 2. The highest BCUT2D eigenvalue weighted by molar-refractivity contribution is 6.30. The highest BCUT2D eigenvalue weighted by Crippen LogP contribution is 2.51. The van der Waals surface area contributed by atoms with Gasteiger partial charge in [-0.25, -0.2) is 9.78 Å². The third kappa shape index (κ3) is 4.46. The number of halogens is 2. The minimum absolute atomic E-state index is 0.648. The first-order valence-corrected chi connectivity index (χ1v) is 12.4. The van der Waals surface area contributed by atoms with Crippen molar-refractivity contribution in [1.29, 1.82) is 0 Å². The van der Waals surface area contributed by atoms with Gasteiger partial charge in [0.05, 0.1) is 14.2 Å². The Balaban J connectivity index is 1.60. The van der Waals surface area contributed by atoms with E-state index in [0.717, 1.165) is 33.8 Å². The lowest BCUT2D eigenvalue weighted by Gasteiger charge is -2.46. The Morgan fingerprint density at radius 2 is 0.778 bits per heavy atom. The largest absolute Gasteiger partial charge is 0.497 e. The van der Waals surface area contributed by atoms with Gasteiger partial charge >= 0.3 is 0 Å². The summed E-state index contributed by atoms with van der Waals surface area (Å²) in [5, 5.41) is 1.32. The molecule has 0 radical (unpaired) electrons. The molecule has 6 heteroatoms.